The van der Waals surface area contributed by atoms with E-state index in [2.05, 4.69) is 15.3 Å². The predicted octanol–water partition coefficient (Wildman–Crippen LogP) is 2.19. The van der Waals surface area contributed by atoms with E-state index in [-0.39, 0.29) is 12.5 Å². The summed E-state index contributed by atoms with van der Waals surface area (Å²) in [6, 6.07) is 8.88. The first-order valence-electron chi connectivity index (χ1n) is 7.46. The Morgan fingerprint density at radius 1 is 1.25 bits per heavy atom. The molecular formula is C17H14N4O3. The first-order valence-corrected chi connectivity index (χ1v) is 7.46. The van der Waals surface area contributed by atoms with Gasteiger partial charge in [0.25, 0.3) is 5.91 Å². The first-order chi connectivity index (χ1) is 11.6. The van der Waals surface area contributed by atoms with Crippen molar-refractivity contribution in [2.75, 3.05) is 0 Å². The molecule has 7 nitrogen and oxygen atoms in total. The van der Waals surface area contributed by atoms with E-state index in [4.69, 9.17) is 4.42 Å². The maximum Gasteiger partial charge on any atom is 0.325 e. The van der Waals surface area contributed by atoms with Crippen LogP contribution in [0.1, 0.15) is 18.4 Å². The monoisotopic (exact) mass is 322 g/mol. The summed E-state index contributed by atoms with van der Waals surface area (Å²) in [6.07, 6.45) is 4.48. The fourth-order valence-electron chi connectivity index (χ4n) is 2.84. The van der Waals surface area contributed by atoms with Crippen molar-refractivity contribution in [3.8, 4) is 0 Å². The highest BCUT2D eigenvalue weighted by Gasteiger charge is 2.50. The SMILES string of the molecule is CC1(c2cnccn2)NC(=O)N(Cc2cc3ccccc3o2)C1=O. The summed E-state index contributed by atoms with van der Waals surface area (Å²) in [4.78, 5) is 34.3. The molecule has 3 amide bonds. The number of amides is 3. The number of benzene rings is 1. The number of fused-ring (bicyclic) bond motifs is 1. The van der Waals surface area contributed by atoms with Gasteiger partial charge in [0.1, 0.15) is 11.3 Å². The predicted molar refractivity (Wildman–Crippen MR) is 84.7 cm³/mol. The van der Waals surface area contributed by atoms with Crippen LogP contribution in [-0.4, -0.2) is 26.8 Å². The van der Waals surface area contributed by atoms with Gasteiger partial charge in [0.05, 0.1) is 18.4 Å². The third-order valence-electron chi connectivity index (χ3n) is 4.14. The third kappa shape index (κ3) is 2.13. The van der Waals surface area contributed by atoms with Gasteiger partial charge in [-0.05, 0) is 19.1 Å². The molecule has 1 unspecified atom stereocenters. The minimum atomic E-state index is -1.22. The zero-order valence-electron chi connectivity index (χ0n) is 12.9. The minimum absolute atomic E-state index is 0.0647. The fraction of sp³-hybridized carbons (Fsp3) is 0.176. The Morgan fingerprint density at radius 2 is 2.08 bits per heavy atom. The largest absolute Gasteiger partial charge is 0.459 e. The van der Waals surface area contributed by atoms with Crippen LogP contribution in [0.5, 0.6) is 0 Å². The molecule has 1 atom stereocenters. The Morgan fingerprint density at radius 3 is 2.83 bits per heavy atom. The smallest absolute Gasteiger partial charge is 0.325 e. The van der Waals surface area contributed by atoms with E-state index in [1.807, 2.05) is 30.3 Å². The maximum absolute atomic E-state index is 12.8. The molecule has 0 bridgehead atoms. The molecule has 120 valence electrons. The molecule has 1 aliphatic rings. The van der Waals surface area contributed by atoms with Crippen molar-refractivity contribution in [3.63, 3.8) is 0 Å². The summed E-state index contributed by atoms with van der Waals surface area (Å²) in [7, 11) is 0. The van der Waals surface area contributed by atoms with Gasteiger partial charge in [0.2, 0.25) is 0 Å². The summed E-state index contributed by atoms with van der Waals surface area (Å²) in [5.74, 6) is 0.163. The second-order valence-electron chi connectivity index (χ2n) is 5.79. The van der Waals surface area contributed by atoms with Crippen molar-refractivity contribution in [2.45, 2.75) is 19.0 Å². The topological polar surface area (TPSA) is 88.3 Å². The summed E-state index contributed by atoms with van der Waals surface area (Å²) >= 11 is 0. The molecule has 24 heavy (non-hydrogen) atoms. The highest BCUT2D eigenvalue weighted by atomic mass is 16.3. The fourth-order valence-corrected chi connectivity index (χ4v) is 2.84. The van der Waals surface area contributed by atoms with Crippen LogP contribution in [0.25, 0.3) is 11.0 Å². The van der Waals surface area contributed by atoms with Gasteiger partial charge >= 0.3 is 6.03 Å². The van der Waals surface area contributed by atoms with Crippen LogP contribution in [0.15, 0.2) is 53.3 Å². The lowest BCUT2D eigenvalue weighted by Gasteiger charge is -2.20. The number of hydrogen-bond donors (Lipinski definition) is 1. The van der Waals surface area contributed by atoms with Crippen LogP contribution in [0.3, 0.4) is 0 Å². The Hall–Kier alpha value is -3.22. The lowest BCUT2D eigenvalue weighted by Crippen LogP contribution is -2.41. The van der Waals surface area contributed by atoms with Gasteiger partial charge in [-0.3, -0.25) is 19.7 Å². The summed E-state index contributed by atoms with van der Waals surface area (Å²) in [5.41, 5.74) is -0.108. The quantitative estimate of drug-likeness (QED) is 0.747. The van der Waals surface area contributed by atoms with Crippen LogP contribution < -0.4 is 5.32 Å². The molecule has 7 heteroatoms. The van der Waals surface area contributed by atoms with Crippen molar-refractivity contribution in [1.29, 1.82) is 0 Å². The van der Waals surface area contributed by atoms with E-state index in [0.717, 1.165) is 15.9 Å². The highest BCUT2D eigenvalue weighted by Crippen LogP contribution is 2.29. The van der Waals surface area contributed by atoms with Gasteiger partial charge in [0, 0.05) is 17.8 Å². The number of aromatic nitrogens is 2. The van der Waals surface area contributed by atoms with Gasteiger partial charge in [-0.2, -0.15) is 0 Å². The van der Waals surface area contributed by atoms with E-state index >= 15 is 0 Å². The number of carbonyl (C=O) groups excluding carboxylic acids is 2. The van der Waals surface area contributed by atoms with Gasteiger partial charge in [-0.25, -0.2) is 4.79 Å². The molecule has 1 N–H and O–H groups in total. The number of urea groups is 1. The second kappa shape index (κ2) is 5.16. The molecule has 0 radical (unpaired) electrons. The second-order valence-corrected chi connectivity index (χ2v) is 5.79. The van der Waals surface area contributed by atoms with Crippen molar-refractivity contribution >= 4 is 22.9 Å². The number of hydrogen-bond acceptors (Lipinski definition) is 5. The standard InChI is InChI=1S/C17H14N4O3/c1-17(14-9-18-6-7-19-14)15(22)21(16(23)20-17)10-12-8-11-4-2-3-5-13(11)24-12/h2-9H,10H2,1H3,(H,20,23). The molecule has 3 heterocycles. The van der Waals surface area contributed by atoms with Crippen molar-refractivity contribution in [3.05, 3.63) is 60.4 Å². The molecule has 1 saturated heterocycles. The van der Waals surface area contributed by atoms with Crippen LogP contribution in [-0.2, 0) is 16.9 Å². The van der Waals surface area contributed by atoms with E-state index in [0.29, 0.717) is 11.5 Å². The average Bonchev–Trinajstić information content (AvgIpc) is 3.10. The summed E-state index contributed by atoms with van der Waals surface area (Å²) in [6.45, 7) is 1.69. The zero-order valence-corrected chi connectivity index (χ0v) is 12.9. The minimum Gasteiger partial charge on any atom is -0.459 e. The summed E-state index contributed by atoms with van der Waals surface area (Å²) < 4.78 is 5.70. The molecule has 1 fully saturated rings. The van der Waals surface area contributed by atoms with E-state index in [1.165, 1.54) is 18.6 Å². The van der Waals surface area contributed by atoms with Crippen molar-refractivity contribution < 1.29 is 14.0 Å². The van der Waals surface area contributed by atoms with Crippen LogP contribution in [0.4, 0.5) is 4.79 Å². The van der Waals surface area contributed by atoms with Crippen LogP contribution in [0, 0.1) is 0 Å². The Labute approximate surface area is 137 Å². The van der Waals surface area contributed by atoms with Crippen molar-refractivity contribution in [1.82, 2.24) is 20.2 Å². The Balaban J connectivity index is 1.64. The first kappa shape index (κ1) is 14.4. The van der Waals surface area contributed by atoms with Gasteiger partial charge in [0.15, 0.2) is 5.54 Å². The van der Waals surface area contributed by atoms with Crippen LogP contribution >= 0.6 is 0 Å². The highest BCUT2D eigenvalue weighted by molar-refractivity contribution is 6.06. The maximum atomic E-state index is 12.8. The molecule has 1 aromatic carbocycles. The molecule has 1 aliphatic heterocycles. The van der Waals surface area contributed by atoms with E-state index < -0.39 is 11.6 Å². The number of furan rings is 1. The Kier molecular flexibility index (Phi) is 3.09. The number of para-hydroxylation sites is 1. The van der Waals surface area contributed by atoms with E-state index in [1.54, 1.807) is 6.92 Å². The molecule has 0 aliphatic carbocycles. The zero-order chi connectivity index (χ0) is 16.7. The number of imide groups is 1. The third-order valence-corrected chi connectivity index (χ3v) is 4.14. The number of nitrogens with one attached hydrogen (secondary N) is 1. The lowest BCUT2D eigenvalue weighted by atomic mass is 9.98. The number of carbonyl (C=O) groups is 2. The molecule has 3 aromatic rings. The molecule has 4 rings (SSSR count). The van der Waals surface area contributed by atoms with Crippen molar-refractivity contribution in [2.24, 2.45) is 0 Å². The lowest BCUT2D eigenvalue weighted by molar-refractivity contribution is -0.131. The summed E-state index contributed by atoms with van der Waals surface area (Å²) in [5, 5.41) is 3.62. The Bertz CT molecular complexity index is 904. The average molecular weight is 322 g/mol. The van der Waals surface area contributed by atoms with Gasteiger partial charge in [-0.1, -0.05) is 18.2 Å². The van der Waals surface area contributed by atoms with Crippen LogP contribution in [0.2, 0.25) is 0 Å². The molecule has 2 aromatic heterocycles. The molecule has 0 saturated carbocycles. The molecule has 0 spiro atoms. The van der Waals surface area contributed by atoms with E-state index in [9.17, 15) is 9.59 Å². The normalized spacial score (nSPS) is 20.6. The molecular weight excluding hydrogens is 308 g/mol. The number of nitrogens with zero attached hydrogens (tertiary/aromatic N) is 3. The van der Waals surface area contributed by atoms with Gasteiger partial charge in [-0.15, -0.1) is 0 Å². The van der Waals surface area contributed by atoms with Gasteiger partial charge < -0.3 is 9.73 Å². The number of rotatable bonds is 3.